The molecule has 2 heterocycles. The van der Waals surface area contributed by atoms with Gasteiger partial charge in [0.25, 0.3) is 5.56 Å². The molecule has 0 saturated heterocycles. The molecule has 0 atom stereocenters. The molecule has 8 heteroatoms. The van der Waals surface area contributed by atoms with Crippen molar-refractivity contribution in [3.63, 3.8) is 0 Å². The normalized spacial score (nSPS) is 13.6. The Hall–Kier alpha value is -2.61. The first kappa shape index (κ1) is 19.2. The van der Waals surface area contributed by atoms with Gasteiger partial charge in [-0.1, -0.05) is 32.0 Å². The van der Waals surface area contributed by atoms with Crippen LogP contribution in [0.1, 0.15) is 19.4 Å². The molecule has 1 aromatic carbocycles. The molecule has 0 saturated carbocycles. The van der Waals surface area contributed by atoms with E-state index in [1.165, 1.54) is 16.7 Å². The van der Waals surface area contributed by atoms with Gasteiger partial charge in [-0.2, -0.15) is 5.10 Å². The van der Waals surface area contributed by atoms with E-state index in [0.717, 1.165) is 10.2 Å². The maximum absolute atomic E-state index is 12.9. The SMILES string of the molecule is Cc1ccccc1NC(=O)Cn1ncc2c(c1=O)N(CC(C)C)C(=O)CS2. The fraction of sp³-hybridized carbons (Fsp3) is 0.368. The average Bonchev–Trinajstić information content (AvgIpc) is 2.61. The monoisotopic (exact) mass is 386 g/mol. The van der Waals surface area contributed by atoms with Crippen LogP contribution < -0.4 is 15.8 Å². The molecule has 0 fully saturated rings. The number of carbonyl (C=O) groups excluding carboxylic acids is 2. The fourth-order valence-corrected chi connectivity index (χ4v) is 3.76. The van der Waals surface area contributed by atoms with Crippen molar-refractivity contribution in [2.24, 2.45) is 5.92 Å². The van der Waals surface area contributed by atoms with Crippen LogP contribution >= 0.6 is 11.8 Å². The number of amides is 2. The van der Waals surface area contributed by atoms with E-state index in [-0.39, 0.29) is 24.3 Å². The standard InChI is InChI=1S/C19H22N4O3S/c1-12(2)9-22-17(25)11-27-15-8-20-23(19(26)18(15)22)10-16(24)21-14-7-5-4-6-13(14)3/h4-8,12H,9-11H2,1-3H3,(H,21,24). The highest BCUT2D eigenvalue weighted by Crippen LogP contribution is 2.32. The van der Waals surface area contributed by atoms with Crippen molar-refractivity contribution < 1.29 is 9.59 Å². The number of carbonyl (C=O) groups is 2. The number of para-hydroxylation sites is 1. The van der Waals surface area contributed by atoms with E-state index in [1.54, 1.807) is 12.3 Å². The number of hydrogen-bond acceptors (Lipinski definition) is 5. The van der Waals surface area contributed by atoms with Gasteiger partial charge in [-0.15, -0.1) is 11.8 Å². The second-order valence-corrected chi connectivity index (χ2v) is 7.89. The summed E-state index contributed by atoms with van der Waals surface area (Å²) < 4.78 is 1.11. The summed E-state index contributed by atoms with van der Waals surface area (Å²) in [6.07, 6.45) is 1.56. The fourth-order valence-electron chi connectivity index (χ4n) is 2.87. The van der Waals surface area contributed by atoms with E-state index in [0.29, 0.717) is 28.6 Å². The maximum Gasteiger partial charge on any atom is 0.292 e. The van der Waals surface area contributed by atoms with Crippen LogP contribution in [0.15, 0.2) is 40.2 Å². The highest BCUT2D eigenvalue weighted by atomic mass is 32.2. The van der Waals surface area contributed by atoms with Crippen molar-refractivity contribution in [1.82, 2.24) is 9.78 Å². The Kier molecular flexibility index (Phi) is 5.65. The number of anilines is 2. The molecule has 142 valence electrons. The number of nitrogens with zero attached hydrogens (tertiary/aromatic N) is 3. The van der Waals surface area contributed by atoms with Gasteiger partial charge in [-0.3, -0.25) is 14.4 Å². The third-order valence-electron chi connectivity index (χ3n) is 4.17. The Morgan fingerprint density at radius 3 is 2.74 bits per heavy atom. The Morgan fingerprint density at radius 1 is 1.30 bits per heavy atom. The van der Waals surface area contributed by atoms with Gasteiger partial charge in [-0.05, 0) is 24.5 Å². The van der Waals surface area contributed by atoms with Gasteiger partial charge in [0.2, 0.25) is 11.8 Å². The number of benzene rings is 1. The smallest absolute Gasteiger partial charge is 0.292 e. The number of hydrogen-bond donors (Lipinski definition) is 1. The molecule has 3 rings (SSSR count). The van der Waals surface area contributed by atoms with E-state index >= 15 is 0 Å². The quantitative estimate of drug-likeness (QED) is 0.852. The zero-order valence-corrected chi connectivity index (χ0v) is 16.4. The number of nitrogens with one attached hydrogen (secondary N) is 1. The topological polar surface area (TPSA) is 84.3 Å². The van der Waals surface area contributed by atoms with Crippen LogP contribution in [-0.2, 0) is 16.1 Å². The van der Waals surface area contributed by atoms with Gasteiger partial charge in [0, 0.05) is 12.2 Å². The Balaban J connectivity index is 1.86. The summed E-state index contributed by atoms with van der Waals surface area (Å²) in [5, 5.41) is 6.91. The summed E-state index contributed by atoms with van der Waals surface area (Å²) in [6.45, 7) is 6.12. The molecule has 0 radical (unpaired) electrons. The van der Waals surface area contributed by atoms with Crippen molar-refractivity contribution in [3.05, 3.63) is 46.4 Å². The van der Waals surface area contributed by atoms with E-state index in [2.05, 4.69) is 10.4 Å². The zero-order chi connectivity index (χ0) is 19.6. The average molecular weight is 386 g/mol. The molecule has 2 aromatic rings. The van der Waals surface area contributed by atoms with E-state index in [1.807, 2.05) is 39.0 Å². The number of aromatic nitrogens is 2. The van der Waals surface area contributed by atoms with Gasteiger partial charge in [0.1, 0.15) is 12.2 Å². The van der Waals surface area contributed by atoms with Crippen LogP contribution in [0.5, 0.6) is 0 Å². The summed E-state index contributed by atoms with van der Waals surface area (Å²) in [5.74, 6) is 0.0678. The highest BCUT2D eigenvalue weighted by Gasteiger charge is 2.29. The van der Waals surface area contributed by atoms with E-state index < -0.39 is 5.56 Å². The van der Waals surface area contributed by atoms with Crippen LogP contribution in [0.2, 0.25) is 0 Å². The third kappa shape index (κ3) is 4.21. The predicted molar refractivity (Wildman–Crippen MR) is 106 cm³/mol. The molecular formula is C19H22N4O3S. The van der Waals surface area contributed by atoms with Crippen molar-refractivity contribution in [2.75, 3.05) is 22.5 Å². The molecule has 0 unspecified atom stereocenters. The summed E-state index contributed by atoms with van der Waals surface area (Å²) in [5.41, 5.74) is 1.53. The zero-order valence-electron chi connectivity index (χ0n) is 15.6. The molecule has 1 N–H and O–H groups in total. The highest BCUT2D eigenvalue weighted by molar-refractivity contribution is 8.00. The summed E-state index contributed by atoms with van der Waals surface area (Å²) in [4.78, 5) is 39.8. The number of aryl methyl sites for hydroxylation is 1. The van der Waals surface area contributed by atoms with Crippen molar-refractivity contribution >= 4 is 35.0 Å². The van der Waals surface area contributed by atoms with Gasteiger partial charge < -0.3 is 10.2 Å². The molecule has 0 spiro atoms. The van der Waals surface area contributed by atoms with Crippen LogP contribution in [0.4, 0.5) is 11.4 Å². The lowest BCUT2D eigenvalue weighted by Crippen LogP contribution is -2.44. The number of fused-ring (bicyclic) bond motifs is 1. The second-order valence-electron chi connectivity index (χ2n) is 6.87. The minimum absolute atomic E-state index is 0.0968. The molecule has 0 aliphatic carbocycles. The third-order valence-corrected chi connectivity index (χ3v) is 5.17. The molecule has 27 heavy (non-hydrogen) atoms. The first-order chi connectivity index (χ1) is 12.9. The van der Waals surface area contributed by atoms with Crippen LogP contribution in [0.3, 0.4) is 0 Å². The first-order valence-electron chi connectivity index (χ1n) is 8.75. The van der Waals surface area contributed by atoms with Gasteiger partial charge >= 0.3 is 0 Å². The molecule has 1 aliphatic heterocycles. The van der Waals surface area contributed by atoms with Gasteiger partial charge in [0.05, 0.1) is 16.8 Å². The molecular weight excluding hydrogens is 364 g/mol. The van der Waals surface area contributed by atoms with E-state index in [9.17, 15) is 14.4 Å². The van der Waals surface area contributed by atoms with Crippen molar-refractivity contribution in [2.45, 2.75) is 32.2 Å². The second kappa shape index (κ2) is 7.96. The van der Waals surface area contributed by atoms with Crippen LogP contribution in [0.25, 0.3) is 0 Å². The van der Waals surface area contributed by atoms with Crippen LogP contribution in [0, 0.1) is 12.8 Å². The summed E-state index contributed by atoms with van der Waals surface area (Å²) in [7, 11) is 0. The molecule has 0 bridgehead atoms. The molecule has 7 nitrogen and oxygen atoms in total. The molecule has 1 aromatic heterocycles. The number of rotatable bonds is 5. The largest absolute Gasteiger partial charge is 0.324 e. The Bertz CT molecular complexity index is 939. The predicted octanol–water partition coefficient (Wildman–Crippen LogP) is 2.29. The summed E-state index contributed by atoms with van der Waals surface area (Å²) in [6, 6.07) is 7.42. The minimum atomic E-state index is -0.423. The minimum Gasteiger partial charge on any atom is -0.324 e. The lowest BCUT2D eigenvalue weighted by Gasteiger charge is -2.29. The van der Waals surface area contributed by atoms with Crippen molar-refractivity contribution in [1.29, 1.82) is 0 Å². The van der Waals surface area contributed by atoms with Crippen LogP contribution in [-0.4, -0.2) is 33.9 Å². The lowest BCUT2D eigenvalue weighted by molar-refractivity contribution is -0.117. The number of thioether (sulfide) groups is 1. The Morgan fingerprint density at radius 2 is 2.04 bits per heavy atom. The van der Waals surface area contributed by atoms with Gasteiger partial charge in [0.15, 0.2) is 0 Å². The summed E-state index contributed by atoms with van der Waals surface area (Å²) >= 11 is 1.31. The van der Waals surface area contributed by atoms with Gasteiger partial charge in [-0.25, -0.2) is 4.68 Å². The molecule has 1 aliphatic rings. The maximum atomic E-state index is 12.9. The first-order valence-corrected chi connectivity index (χ1v) is 9.74. The molecule has 2 amide bonds. The van der Waals surface area contributed by atoms with E-state index in [4.69, 9.17) is 0 Å². The Labute approximate surface area is 161 Å². The lowest BCUT2D eigenvalue weighted by atomic mass is 10.2. The van der Waals surface area contributed by atoms with Crippen molar-refractivity contribution in [3.8, 4) is 0 Å².